The van der Waals surface area contributed by atoms with E-state index in [1.54, 1.807) is 7.11 Å². The SMILES string of the molecule is CCCC(=O)N1N=C(c2ccc(C)cc2)OC1c1ccc(OC)cc1. The van der Waals surface area contributed by atoms with Gasteiger partial charge in [0.2, 0.25) is 18.0 Å². The molecule has 1 atom stereocenters. The van der Waals surface area contributed by atoms with Crippen molar-refractivity contribution in [1.29, 1.82) is 0 Å². The Morgan fingerprint density at radius 1 is 1.16 bits per heavy atom. The van der Waals surface area contributed by atoms with Crippen molar-refractivity contribution in [3.05, 3.63) is 65.2 Å². The molecule has 1 amide bonds. The molecule has 130 valence electrons. The maximum atomic E-state index is 12.5. The van der Waals surface area contributed by atoms with Crippen LogP contribution in [0.3, 0.4) is 0 Å². The van der Waals surface area contributed by atoms with Crippen molar-refractivity contribution in [3.8, 4) is 5.75 Å². The van der Waals surface area contributed by atoms with E-state index < -0.39 is 6.23 Å². The number of amides is 1. The second kappa shape index (κ2) is 7.38. The highest BCUT2D eigenvalue weighted by Crippen LogP contribution is 2.31. The fourth-order valence-electron chi connectivity index (χ4n) is 2.64. The molecule has 0 saturated heterocycles. The van der Waals surface area contributed by atoms with Crippen molar-refractivity contribution in [2.75, 3.05) is 7.11 Å². The van der Waals surface area contributed by atoms with Gasteiger partial charge in [0.1, 0.15) is 5.75 Å². The molecule has 1 aliphatic rings. The van der Waals surface area contributed by atoms with Crippen LogP contribution in [0.4, 0.5) is 0 Å². The minimum absolute atomic E-state index is 0.0505. The number of benzene rings is 2. The van der Waals surface area contributed by atoms with Crippen LogP contribution in [-0.4, -0.2) is 23.9 Å². The summed E-state index contributed by atoms with van der Waals surface area (Å²) < 4.78 is 11.2. The molecule has 1 unspecified atom stereocenters. The van der Waals surface area contributed by atoms with Gasteiger partial charge < -0.3 is 9.47 Å². The van der Waals surface area contributed by atoms with E-state index in [1.807, 2.05) is 62.4 Å². The molecule has 1 aliphatic heterocycles. The molecule has 0 N–H and O–H groups in total. The molecule has 2 aromatic carbocycles. The van der Waals surface area contributed by atoms with E-state index in [0.717, 1.165) is 28.9 Å². The zero-order valence-electron chi connectivity index (χ0n) is 14.7. The van der Waals surface area contributed by atoms with Crippen molar-refractivity contribution in [2.24, 2.45) is 5.10 Å². The van der Waals surface area contributed by atoms with Crippen LogP contribution in [-0.2, 0) is 9.53 Å². The van der Waals surface area contributed by atoms with Crippen LogP contribution in [0.5, 0.6) is 5.75 Å². The van der Waals surface area contributed by atoms with Crippen molar-refractivity contribution in [1.82, 2.24) is 5.01 Å². The van der Waals surface area contributed by atoms with Crippen LogP contribution in [0.15, 0.2) is 53.6 Å². The van der Waals surface area contributed by atoms with Gasteiger partial charge in [-0.2, -0.15) is 5.01 Å². The maximum absolute atomic E-state index is 12.5. The lowest BCUT2D eigenvalue weighted by atomic mass is 10.1. The first-order valence-electron chi connectivity index (χ1n) is 8.40. The van der Waals surface area contributed by atoms with E-state index in [1.165, 1.54) is 5.01 Å². The molecule has 1 heterocycles. The molecular formula is C20H22N2O3. The number of ether oxygens (including phenoxy) is 2. The largest absolute Gasteiger partial charge is 0.497 e. The second-order valence-electron chi connectivity index (χ2n) is 6.00. The number of rotatable bonds is 5. The molecule has 0 saturated carbocycles. The van der Waals surface area contributed by atoms with E-state index in [-0.39, 0.29) is 5.91 Å². The van der Waals surface area contributed by atoms with Crippen LogP contribution in [0.1, 0.15) is 42.7 Å². The summed E-state index contributed by atoms with van der Waals surface area (Å²) in [6, 6.07) is 15.4. The number of methoxy groups -OCH3 is 1. The Morgan fingerprint density at radius 3 is 2.44 bits per heavy atom. The fourth-order valence-corrected chi connectivity index (χ4v) is 2.64. The van der Waals surface area contributed by atoms with E-state index in [2.05, 4.69) is 5.10 Å². The van der Waals surface area contributed by atoms with Crippen LogP contribution in [0, 0.1) is 6.92 Å². The Bertz CT molecular complexity index is 767. The van der Waals surface area contributed by atoms with Gasteiger partial charge in [-0.15, -0.1) is 5.10 Å². The molecular weight excluding hydrogens is 316 g/mol. The van der Waals surface area contributed by atoms with Gasteiger partial charge in [-0.25, -0.2) is 0 Å². The van der Waals surface area contributed by atoms with E-state index in [9.17, 15) is 4.79 Å². The van der Waals surface area contributed by atoms with E-state index in [0.29, 0.717) is 12.3 Å². The van der Waals surface area contributed by atoms with Gasteiger partial charge in [-0.05, 0) is 49.7 Å². The summed E-state index contributed by atoms with van der Waals surface area (Å²) in [6.45, 7) is 4.00. The minimum atomic E-state index is -0.554. The molecule has 0 aliphatic carbocycles. The van der Waals surface area contributed by atoms with Crippen LogP contribution in [0.25, 0.3) is 0 Å². The van der Waals surface area contributed by atoms with Crippen LogP contribution in [0.2, 0.25) is 0 Å². The van der Waals surface area contributed by atoms with Crippen molar-refractivity contribution in [3.63, 3.8) is 0 Å². The van der Waals surface area contributed by atoms with Crippen LogP contribution >= 0.6 is 0 Å². The van der Waals surface area contributed by atoms with Gasteiger partial charge >= 0.3 is 0 Å². The summed E-state index contributed by atoms with van der Waals surface area (Å²) in [4.78, 5) is 12.5. The van der Waals surface area contributed by atoms with Gasteiger partial charge in [-0.3, -0.25) is 4.79 Å². The highest BCUT2D eigenvalue weighted by molar-refractivity contribution is 5.96. The summed E-state index contributed by atoms with van der Waals surface area (Å²) in [5.74, 6) is 1.17. The van der Waals surface area contributed by atoms with Crippen molar-refractivity contribution in [2.45, 2.75) is 32.9 Å². The Labute approximate surface area is 147 Å². The first-order valence-corrected chi connectivity index (χ1v) is 8.40. The monoisotopic (exact) mass is 338 g/mol. The molecule has 0 aromatic heterocycles. The third-order valence-corrected chi connectivity index (χ3v) is 4.06. The molecule has 0 radical (unpaired) electrons. The zero-order valence-corrected chi connectivity index (χ0v) is 14.7. The normalized spacial score (nSPS) is 16.4. The molecule has 2 aromatic rings. The van der Waals surface area contributed by atoms with E-state index >= 15 is 0 Å². The average Bonchev–Trinajstić information content (AvgIpc) is 3.08. The van der Waals surface area contributed by atoms with Gasteiger partial charge in [0.05, 0.1) is 7.11 Å². The highest BCUT2D eigenvalue weighted by Gasteiger charge is 2.34. The fraction of sp³-hybridized carbons (Fsp3) is 0.300. The van der Waals surface area contributed by atoms with Gasteiger partial charge in [0, 0.05) is 17.5 Å². The smallest absolute Gasteiger partial charge is 0.246 e. The molecule has 0 fully saturated rings. The summed E-state index contributed by atoms with van der Waals surface area (Å²) in [7, 11) is 1.62. The number of nitrogens with zero attached hydrogens (tertiary/aromatic N) is 2. The summed E-state index contributed by atoms with van der Waals surface area (Å²) in [5.41, 5.74) is 2.87. The van der Waals surface area contributed by atoms with E-state index in [4.69, 9.17) is 9.47 Å². The second-order valence-corrected chi connectivity index (χ2v) is 6.00. The number of carbonyl (C=O) groups is 1. The standard InChI is InChI=1S/C20H22N2O3/c1-4-5-18(23)22-20(16-10-12-17(24-3)13-11-16)25-19(21-22)15-8-6-14(2)7-9-15/h6-13,20H,4-5H2,1-3H3. The Hall–Kier alpha value is -2.82. The third-order valence-electron chi connectivity index (χ3n) is 4.06. The predicted molar refractivity (Wildman–Crippen MR) is 96.3 cm³/mol. The van der Waals surface area contributed by atoms with Gasteiger partial charge in [-0.1, -0.05) is 24.6 Å². The summed E-state index contributed by atoms with van der Waals surface area (Å²) in [5, 5.41) is 5.90. The average molecular weight is 338 g/mol. The zero-order chi connectivity index (χ0) is 17.8. The lowest BCUT2D eigenvalue weighted by Crippen LogP contribution is -2.27. The molecule has 0 spiro atoms. The molecule has 0 bridgehead atoms. The number of carbonyl (C=O) groups excluding carboxylic acids is 1. The quantitative estimate of drug-likeness (QED) is 0.827. The van der Waals surface area contributed by atoms with Crippen molar-refractivity contribution < 1.29 is 14.3 Å². The van der Waals surface area contributed by atoms with Gasteiger partial charge in [0.15, 0.2) is 0 Å². The first-order chi connectivity index (χ1) is 12.1. The molecule has 3 rings (SSSR count). The summed E-state index contributed by atoms with van der Waals surface area (Å²) in [6.07, 6.45) is 0.641. The minimum Gasteiger partial charge on any atom is -0.497 e. The van der Waals surface area contributed by atoms with Crippen molar-refractivity contribution >= 4 is 11.8 Å². The topological polar surface area (TPSA) is 51.1 Å². The Morgan fingerprint density at radius 2 is 1.84 bits per heavy atom. The number of hydrazone groups is 1. The number of hydrogen-bond acceptors (Lipinski definition) is 4. The van der Waals surface area contributed by atoms with Crippen LogP contribution < -0.4 is 4.74 Å². The first kappa shape index (κ1) is 17.0. The van der Waals surface area contributed by atoms with Gasteiger partial charge in [0.25, 0.3) is 0 Å². The molecule has 5 nitrogen and oxygen atoms in total. The summed E-state index contributed by atoms with van der Waals surface area (Å²) >= 11 is 0. The lowest BCUT2D eigenvalue weighted by molar-refractivity contribution is -0.137. The third kappa shape index (κ3) is 3.65. The predicted octanol–water partition coefficient (Wildman–Crippen LogP) is 4.02. The molecule has 25 heavy (non-hydrogen) atoms. The number of hydrogen-bond donors (Lipinski definition) is 0. The maximum Gasteiger partial charge on any atom is 0.246 e. The number of aryl methyl sites for hydroxylation is 1. The Balaban J connectivity index is 1.91. The Kier molecular flexibility index (Phi) is 5.03. The molecule has 5 heteroatoms. The lowest BCUT2D eigenvalue weighted by Gasteiger charge is -2.20. The highest BCUT2D eigenvalue weighted by atomic mass is 16.5.